The van der Waals surface area contributed by atoms with E-state index in [4.69, 9.17) is 0 Å². The number of aryl methyl sites for hydroxylation is 2. The zero-order valence-corrected chi connectivity index (χ0v) is 80.9. The van der Waals surface area contributed by atoms with Crippen LogP contribution < -0.4 is 0 Å². The molecule has 644 valence electrons. The van der Waals surface area contributed by atoms with Gasteiger partial charge in [-0.1, -0.05) is 369 Å². The van der Waals surface area contributed by atoms with Crippen molar-refractivity contribution in [2.75, 3.05) is 0 Å². The predicted molar refractivity (Wildman–Crippen MR) is 567 cm³/mol. The quantitative estimate of drug-likeness (QED) is 0.151. The van der Waals surface area contributed by atoms with Crippen LogP contribution in [0.4, 0.5) is 0 Å². The van der Waals surface area contributed by atoms with Crippen LogP contribution in [-0.4, -0.2) is 4.57 Å². The highest BCUT2D eigenvalue weighted by Gasteiger charge is 2.46. The van der Waals surface area contributed by atoms with Gasteiger partial charge in [-0.3, -0.25) is 0 Å². The normalized spacial score (nSPS) is 16.3. The van der Waals surface area contributed by atoms with Crippen LogP contribution in [0.2, 0.25) is 0 Å². The lowest BCUT2D eigenvalue weighted by Crippen LogP contribution is -2.20. The molecule has 1 heterocycles. The van der Waals surface area contributed by atoms with Crippen molar-refractivity contribution in [2.24, 2.45) is 0 Å². The Kier molecular flexibility index (Phi) is 17.0. The third-order valence-electron chi connectivity index (χ3n) is 32.9. The van der Waals surface area contributed by atoms with E-state index in [2.05, 4.69) is 437 Å². The Morgan fingerprint density at radius 1 is 0.275 bits per heavy atom. The number of hydrogen-bond acceptors (Lipinski definition) is 0. The van der Waals surface area contributed by atoms with Crippen LogP contribution in [-0.2, 0) is 43.3 Å². The summed E-state index contributed by atoms with van der Waals surface area (Å²) >= 11 is 0. The molecule has 1 heteroatoms. The van der Waals surface area contributed by atoms with E-state index in [1.165, 1.54) is 280 Å². The lowest BCUT2D eigenvalue weighted by atomic mass is 9.74. The second-order valence-corrected chi connectivity index (χ2v) is 45.9. The van der Waals surface area contributed by atoms with E-state index in [0.717, 1.165) is 12.8 Å². The highest BCUT2D eigenvalue weighted by atomic mass is 15.0. The molecular weight excluding hydrogens is 1580 g/mol. The van der Waals surface area contributed by atoms with Gasteiger partial charge in [0.15, 0.2) is 0 Å². The van der Waals surface area contributed by atoms with E-state index in [0.29, 0.717) is 5.92 Å². The molecule has 0 bridgehead atoms. The molecule has 1 atom stereocenters. The molecule has 0 fully saturated rings. The summed E-state index contributed by atoms with van der Waals surface area (Å²) in [6.07, 6.45) is 2.30. The fourth-order valence-corrected chi connectivity index (χ4v) is 26.4. The average Bonchev–Trinajstić information content (AvgIpc) is 1.57. The van der Waals surface area contributed by atoms with E-state index in [1.54, 1.807) is 0 Å². The molecule has 20 aromatic carbocycles. The van der Waals surface area contributed by atoms with E-state index >= 15 is 0 Å². The lowest BCUT2D eigenvalue weighted by Gasteiger charge is -2.29. The standard InChI is InChI=1S/C46H43N.C42H34.C42H42/c1-8-23-46(7)38-12-10-9-11-33(38)36-24-29-13-14-30-25-40-43(34-20-21-35(44(36)46)42(29)41(30)34)37-26-31(45(4,5)6)17-22-39(37)47(40)32-18-15-28(16-19-32)27(2)3;1-23-17-24(2)19-25(18-23)31-20-26-21-36-38(28-12-8-10-14-35(28)41(36,3)4)29-15-16-30-39(37(26)29)32(31)22-33-27-11-7-9-13-34(27)42(5,6)40(30)33;1-39(2,3)25-13-17-32-29(21-25)30-19-23-11-12-24-20-34-37(27-15-16-28(36(23)35(24)27)38(30)42(32,9)10)31-22-26(40(4,5)6)14-18-33(31)41(34,7)8/h9-22,24-27H,8,23H2,1-7H3;7-22H,1-6H3;11-22H,1-10H3. The van der Waals surface area contributed by atoms with Gasteiger partial charge >= 0.3 is 0 Å². The van der Waals surface area contributed by atoms with Crippen LogP contribution in [0.25, 0.3) is 191 Å². The van der Waals surface area contributed by atoms with Gasteiger partial charge in [-0.15, -0.1) is 0 Å². The van der Waals surface area contributed by atoms with Crippen molar-refractivity contribution in [2.45, 2.75) is 221 Å². The molecule has 0 saturated carbocycles. The van der Waals surface area contributed by atoms with Crippen molar-refractivity contribution in [3.63, 3.8) is 0 Å². The Morgan fingerprint density at radius 3 is 1.27 bits per heavy atom. The fraction of sp³-hybridized carbons (Fsp3) is 0.262. The monoisotopic (exact) mass is 1690 g/mol. The first-order chi connectivity index (χ1) is 62.4. The molecule has 1 nitrogen and oxygen atoms in total. The predicted octanol–water partition coefficient (Wildman–Crippen LogP) is 36.5. The maximum atomic E-state index is 2.53. The first-order valence-corrected chi connectivity index (χ1v) is 48.5. The smallest absolute Gasteiger partial charge is 0.0553 e. The number of nitrogens with zero attached hydrogens (tertiary/aromatic N) is 1. The molecule has 0 N–H and O–H groups in total. The summed E-state index contributed by atoms with van der Waals surface area (Å²) < 4.78 is 2.50. The van der Waals surface area contributed by atoms with Gasteiger partial charge in [-0.25, -0.2) is 0 Å². The Hall–Kier alpha value is -12.7. The molecule has 0 radical (unpaired) electrons. The van der Waals surface area contributed by atoms with Gasteiger partial charge in [0.2, 0.25) is 0 Å². The lowest BCUT2D eigenvalue weighted by molar-refractivity contribution is 0.528. The van der Waals surface area contributed by atoms with Crippen molar-refractivity contribution >= 4 is 119 Å². The molecule has 1 unspecified atom stereocenters. The van der Waals surface area contributed by atoms with Crippen LogP contribution >= 0.6 is 0 Å². The van der Waals surface area contributed by atoms with Gasteiger partial charge in [-0.05, 0) is 351 Å². The van der Waals surface area contributed by atoms with Crippen LogP contribution in [0.15, 0.2) is 273 Å². The Morgan fingerprint density at radius 2 is 0.695 bits per heavy atom. The second-order valence-electron chi connectivity index (χ2n) is 45.9. The van der Waals surface area contributed by atoms with Crippen molar-refractivity contribution in [1.82, 2.24) is 4.57 Å². The molecule has 0 amide bonds. The second kappa shape index (κ2) is 27.3. The minimum atomic E-state index is -0.0646. The first kappa shape index (κ1) is 81.5. The summed E-state index contributed by atoms with van der Waals surface area (Å²) in [5.74, 6) is 0.506. The molecule has 131 heavy (non-hydrogen) atoms. The number of aromatic nitrogens is 1. The minimum Gasteiger partial charge on any atom is -0.309 e. The summed E-state index contributed by atoms with van der Waals surface area (Å²) in [5, 5.41) is 27.7. The largest absolute Gasteiger partial charge is 0.309 e. The van der Waals surface area contributed by atoms with Crippen molar-refractivity contribution in [3.8, 4) is 72.4 Å². The van der Waals surface area contributed by atoms with E-state index in [-0.39, 0.29) is 43.3 Å². The zero-order chi connectivity index (χ0) is 90.8. The molecule has 26 rings (SSSR count). The summed E-state index contributed by atoms with van der Waals surface area (Å²) in [4.78, 5) is 0. The van der Waals surface area contributed by atoms with Crippen LogP contribution in [0.1, 0.15) is 253 Å². The van der Waals surface area contributed by atoms with Crippen molar-refractivity contribution < 1.29 is 0 Å². The third-order valence-corrected chi connectivity index (χ3v) is 32.9. The van der Waals surface area contributed by atoms with Crippen LogP contribution in [0.5, 0.6) is 0 Å². The molecule has 5 aliphatic carbocycles. The number of fused-ring (bicyclic) bond motifs is 24. The van der Waals surface area contributed by atoms with E-state index in [9.17, 15) is 0 Å². The molecule has 21 aromatic rings. The van der Waals surface area contributed by atoms with Gasteiger partial charge in [0.1, 0.15) is 0 Å². The van der Waals surface area contributed by atoms with E-state index < -0.39 is 0 Å². The summed E-state index contributed by atoms with van der Waals surface area (Å²) in [6, 6.07) is 107. The minimum absolute atomic E-state index is 0.00189. The SMILES string of the molecule is CC(C)(C)c1ccc2c(c1)-c1c(cc3ccc4cc5c(c6ccc1c3c46)C(C)(C)c1ccc(C(C)(C)C)cc1-5)C2(C)C.CCCC1(C)c2ccccc2-c2cc3ccc4cc5c(c6ccc(c21)c3c46)c1cc(C(C)(C)C)ccc1n5-c1ccc(C(C)C)cc1.Cc1cc(C)cc(-c2cc3cc4c(c5ccc6c7c(cc2c6c35)-c2ccccc2C7(C)C)-c2ccccc2C4(C)C)c1. The molecule has 0 saturated heterocycles. The zero-order valence-electron chi connectivity index (χ0n) is 80.9. The van der Waals surface area contributed by atoms with Crippen LogP contribution in [0.3, 0.4) is 0 Å². The van der Waals surface area contributed by atoms with Gasteiger partial charge in [-0.2, -0.15) is 0 Å². The highest BCUT2D eigenvalue weighted by Crippen LogP contribution is 2.63. The number of hydrogen-bond donors (Lipinski definition) is 0. The highest BCUT2D eigenvalue weighted by molar-refractivity contribution is 6.36. The summed E-state index contributed by atoms with van der Waals surface area (Å²) in [5.41, 5.74) is 43.4. The topological polar surface area (TPSA) is 4.93 Å². The molecular formula is C130H119N. The molecule has 5 aliphatic rings. The maximum Gasteiger partial charge on any atom is 0.0553 e. The van der Waals surface area contributed by atoms with E-state index in [1.807, 2.05) is 0 Å². The number of benzene rings is 20. The molecule has 1 aromatic heterocycles. The van der Waals surface area contributed by atoms with Gasteiger partial charge in [0.25, 0.3) is 0 Å². The summed E-state index contributed by atoms with van der Waals surface area (Å²) in [6.45, 7) is 54.0. The summed E-state index contributed by atoms with van der Waals surface area (Å²) in [7, 11) is 0. The Balaban J connectivity index is 0.000000109. The van der Waals surface area contributed by atoms with Gasteiger partial charge in [0.05, 0.1) is 11.0 Å². The molecule has 0 spiro atoms. The average molecular weight is 1700 g/mol. The fourth-order valence-electron chi connectivity index (χ4n) is 26.4. The maximum absolute atomic E-state index is 2.53. The van der Waals surface area contributed by atoms with Gasteiger partial charge < -0.3 is 4.57 Å². The number of rotatable bonds is 5. The molecule has 0 aliphatic heterocycles. The van der Waals surface area contributed by atoms with Crippen molar-refractivity contribution in [1.29, 1.82) is 0 Å². The van der Waals surface area contributed by atoms with Crippen molar-refractivity contribution in [3.05, 3.63) is 362 Å². The third kappa shape index (κ3) is 11.3. The van der Waals surface area contributed by atoms with Gasteiger partial charge in [0, 0.05) is 43.5 Å². The van der Waals surface area contributed by atoms with Crippen LogP contribution in [0, 0.1) is 13.8 Å². The Bertz CT molecular complexity index is 8540. The first-order valence-electron chi connectivity index (χ1n) is 48.5. The Labute approximate surface area is 773 Å².